The molecule has 0 amide bonds. The normalized spacial score (nSPS) is 11.6. The molecule has 1 aromatic carbocycles. The Kier molecular flexibility index (Phi) is 4.96. The third kappa shape index (κ3) is 3.13. The number of rotatable bonds is 3. The molecule has 1 aromatic rings. The Bertz CT molecular complexity index is 530. The molecule has 0 saturated carbocycles. The molecule has 0 atom stereocenters. The minimum atomic E-state index is -1.19. The first-order valence-corrected chi connectivity index (χ1v) is 5.80. The second-order valence-electron chi connectivity index (χ2n) is 3.62. The molecule has 0 radical (unpaired) electrons. The van der Waals surface area contributed by atoms with Crippen molar-refractivity contribution in [2.75, 3.05) is 14.1 Å². The summed E-state index contributed by atoms with van der Waals surface area (Å²) in [5, 5.41) is -1.52. The predicted octanol–water partition coefficient (Wildman–Crippen LogP) is 4.10. The second kappa shape index (κ2) is 5.87. The Hall–Kier alpha value is -0.840. The maximum absolute atomic E-state index is 13.6. The van der Waals surface area contributed by atoms with Crippen LogP contribution in [0.1, 0.15) is 10.4 Å². The van der Waals surface area contributed by atoms with Crippen LogP contribution in [0, 0.1) is 11.6 Å². The summed E-state index contributed by atoms with van der Waals surface area (Å²) in [6.45, 7) is 0. The van der Waals surface area contributed by atoms with Crippen LogP contribution in [0.5, 0.6) is 0 Å². The number of hydrogen-bond donors (Lipinski definition) is 0. The van der Waals surface area contributed by atoms with Gasteiger partial charge in [-0.1, -0.05) is 34.8 Å². The van der Waals surface area contributed by atoms with Gasteiger partial charge in [0.1, 0.15) is 10.1 Å². The van der Waals surface area contributed by atoms with Crippen LogP contribution in [-0.4, -0.2) is 24.8 Å². The highest BCUT2D eigenvalue weighted by Crippen LogP contribution is 2.30. The zero-order valence-electron chi connectivity index (χ0n) is 9.40. The van der Waals surface area contributed by atoms with Gasteiger partial charge in [0, 0.05) is 20.3 Å². The van der Waals surface area contributed by atoms with Gasteiger partial charge in [0.15, 0.2) is 11.6 Å². The fourth-order valence-electron chi connectivity index (χ4n) is 1.15. The van der Waals surface area contributed by atoms with Gasteiger partial charge in [-0.25, -0.2) is 8.78 Å². The zero-order valence-corrected chi connectivity index (χ0v) is 11.7. The molecular weight excluding hydrogens is 306 g/mol. The molecule has 7 heteroatoms. The highest BCUT2D eigenvalue weighted by Gasteiger charge is 2.22. The number of allylic oxidation sites excluding steroid dienone is 1. The molecule has 0 heterocycles. The van der Waals surface area contributed by atoms with Gasteiger partial charge in [0.2, 0.25) is 5.78 Å². The predicted molar refractivity (Wildman–Crippen MR) is 68.3 cm³/mol. The van der Waals surface area contributed by atoms with Crippen molar-refractivity contribution in [1.29, 1.82) is 0 Å². The summed E-state index contributed by atoms with van der Waals surface area (Å²) in [5.41, 5.74) is -0.477. The van der Waals surface area contributed by atoms with Crippen molar-refractivity contribution in [3.05, 3.63) is 44.5 Å². The number of Topliss-reactive ketones (excluding diaryl/α,β-unsaturated/α-hetero) is 1. The summed E-state index contributed by atoms with van der Waals surface area (Å²) in [7, 11) is 3.27. The molecule has 0 aromatic heterocycles. The molecule has 0 aliphatic rings. The topological polar surface area (TPSA) is 20.3 Å². The Labute approximate surface area is 118 Å². The SMILES string of the molecule is CN(C)C=C(Cl)C(=O)c1cc(Cl)c(F)c(Cl)c1F. The van der Waals surface area contributed by atoms with E-state index in [1.165, 1.54) is 11.1 Å². The Morgan fingerprint density at radius 2 is 1.83 bits per heavy atom. The van der Waals surface area contributed by atoms with Crippen LogP contribution >= 0.6 is 34.8 Å². The monoisotopic (exact) mass is 313 g/mol. The second-order valence-corrected chi connectivity index (χ2v) is 4.81. The summed E-state index contributed by atoms with van der Waals surface area (Å²) in [4.78, 5) is 13.3. The molecule has 0 bridgehead atoms. The van der Waals surface area contributed by atoms with Crippen molar-refractivity contribution in [2.24, 2.45) is 0 Å². The molecule has 0 N–H and O–H groups in total. The molecule has 0 unspecified atom stereocenters. The number of nitrogens with zero attached hydrogens (tertiary/aromatic N) is 1. The van der Waals surface area contributed by atoms with Crippen molar-refractivity contribution in [2.45, 2.75) is 0 Å². The lowest BCUT2D eigenvalue weighted by molar-refractivity contribution is 0.103. The van der Waals surface area contributed by atoms with Gasteiger partial charge in [0.05, 0.1) is 10.6 Å². The number of carbonyl (C=O) groups excluding carboxylic acids is 1. The molecule has 0 saturated heterocycles. The van der Waals surface area contributed by atoms with Gasteiger partial charge in [-0.2, -0.15) is 0 Å². The Morgan fingerprint density at radius 3 is 2.33 bits per heavy atom. The first kappa shape index (κ1) is 15.2. The first-order chi connectivity index (χ1) is 8.25. The maximum Gasteiger partial charge on any atom is 0.208 e. The molecule has 2 nitrogen and oxygen atoms in total. The van der Waals surface area contributed by atoms with Gasteiger partial charge in [-0.3, -0.25) is 4.79 Å². The highest BCUT2D eigenvalue weighted by molar-refractivity contribution is 6.45. The fraction of sp³-hybridized carbons (Fsp3) is 0.182. The maximum atomic E-state index is 13.6. The Morgan fingerprint density at radius 1 is 1.28 bits per heavy atom. The summed E-state index contributed by atoms with van der Waals surface area (Å²) < 4.78 is 26.8. The summed E-state index contributed by atoms with van der Waals surface area (Å²) >= 11 is 16.6. The van der Waals surface area contributed by atoms with E-state index in [0.29, 0.717) is 0 Å². The van der Waals surface area contributed by atoms with Crippen molar-refractivity contribution >= 4 is 40.6 Å². The average Bonchev–Trinajstić information content (AvgIpc) is 2.29. The highest BCUT2D eigenvalue weighted by atomic mass is 35.5. The number of hydrogen-bond acceptors (Lipinski definition) is 2. The van der Waals surface area contributed by atoms with E-state index in [9.17, 15) is 13.6 Å². The average molecular weight is 315 g/mol. The van der Waals surface area contributed by atoms with Gasteiger partial charge < -0.3 is 4.90 Å². The smallest absolute Gasteiger partial charge is 0.208 e. The number of ketones is 1. The number of carbonyl (C=O) groups is 1. The molecular formula is C11H8Cl3F2NO. The standard InChI is InChI=1S/C11H8Cl3F2NO/c1-17(2)4-7(13)11(18)5-3-6(12)10(16)8(14)9(5)15/h3-4H,1-2H3. The van der Waals surface area contributed by atoms with Crippen molar-refractivity contribution in [1.82, 2.24) is 4.90 Å². The van der Waals surface area contributed by atoms with Crippen LogP contribution in [0.2, 0.25) is 10.0 Å². The summed E-state index contributed by atoms with van der Waals surface area (Å²) in [5.74, 6) is -3.12. The van der Waals surface area contributed by atoms with E-state index in [1.54, 1.807) is 14.1 Å². The van der Waals surface area contributed by atoms with Crippen LogP contribution in [0.4, 0.5) is 8.78 Å². The Balaban J connectivity index is 3.31. The van der Waals surface area contributed by atoms with E-state index in [-0.39, 0.29) is 5.03 Å². The summed E-state index contributed by atoms with van der Waals surface area (Å²) in [6, 6.07) is 0.853. The third-order valence-electron chi connectivity index (χ3n) is 1.94. The lowest BCUT2D eigenvalue weighted by Crippen LogP contribution is -2.09. The molecule has 18 heavy (non-hydrogen) atoms. The molecule has 98 valence electrons. The molecule has 0 spiro atoms. The van der Waals surface area contributed by atoms with E-state index in [0.717, 1.165) is 6.07 Å². The van der Waals surface area contributed by atoms with E-state index in [1.807, 2.05) is 0 Å². The molecule has 0 aliphatic carbocycles. The minimum Gasteiger partial charge on any atom is -0.382 e. The zero-order chi connectivity index (χ0) is 14.0. The van der Waals surface area contributed by atoms with E-state index < -0.39 is 33.0 Å². The van der Waals surface area contributed by atoms with Crippen molar-refractivity contribution in [3.63, 3.8) is 0 Å². The quantitative estimate of drug-likeness (QED) is 0.362. The van der Waals surface area contributed by atoms with Crippen molar-refractivity contribution in [3.8, 4) is 0 Å². The summed E-state index contributed by atoms with van der Waals surface area (Å²) in [6.07, 6.45) is 1.29. The lowest BCUT2D eigenvalue weighted by atomic mass is 10.1. The molecule has 0 fully saturated rings. The van der Waals surface area contributed by atoms with E-state index in [2.05, 4.69) is 0 Å². The lowest BCUT2D eigenvalue weighted by Gasteiger charge is -2.08. The minimum absolute atomic E-state index is 0.238. The third-order valence-corrected chi connectivity index (χ3v) is 2.81. The van der Waals surface area contributed by atoms with Crippen LogP contribution in [0.25, 0.3) is 0 Å². The number of benzene rings is 1. The van der Waals surface area contributed by atoms with Gasteiger partial charge in [0.25, 0.3) is 0 Å². The van der Waals surface area contributed by atoms with Crippen molar-refractivity contribution < 1.29 is 13.6 Å². The molecule has 0 aliphatic heterocycles. The van der Waals surface area contributed by atoms with Gasteiger partial charge >= 0.3 is 0 Å². The largest absolute Gasteiger partial charge is 0.382 e. The van der Waals surface area contributed by atoms with Gasteiger partial charge in [-0.05, 0) is 6.07 Å². The van der Waals surface area contributed by atoms with E-state index in [4.69, 9.17) is 34.8 Å². The van der Waals surface area contributed by atoms with Crippen LogP contribution in [-0.2, 0) is 0 Å². The van der Waals surface area contributed by atoms with E-state index >= 15 is 0 Å². The van der Waals surface area contributed by atoms with Crippen LogP contribution < -0.4 is 0 Å². The first-order valence-electron chi connectivity index (χ1n) is 4.67. The molecule has 1 rings (SSSR count). The number of halogens is 5. The van der Waals surface area contributed by atoms with Gasteiger partial charge in [-0.15, -0.1) is 0 Å². The fourth-order valence-corrected chi connectivity index (χ4v) is 1.90. The van der Waals surface area contributed by atoms with Crippen LogP contribution in [0.3, 0.4) is 0 Å². The van der Waals surface area contributed by atoms with Crippen LogP contribution in [0.15, 0.2) is 17.3 Å².